The van der Waals surface area contributed by atoms with E-state index in [0.29, 0.717) is 5.69 Å². The molecule has 0 spiro atoms. The fourth-order valence-corrected chi connectivity index (χ4v) is 2.25. The molecule has 1 aliphatic rings. The van der Waals surface area contributed by atoms with Crippen LogP contribution in [0.5, 0.6) is 0 Å². The van der Waals surface area contributed by atoms with Crippen LogP contribution in [0.4, 0.5) is 0 Å². The molecule has 0 unspecified atom stereocenters. The summed E-state index contributed by atoms with van der Waals surface area (Å²) < 4.78 is 0. The number of carbonyl (C=O) groups excluding carboxylic acids is 1. The van der Waals surface area contributed by atoms with Gasteiger partial charge in [0.25, 0.3) is 5.91 Å². The summed E-state index contributed by atoms with van der Waals surface area (Å²) in [6, 6.07) is 0. The summed E-state index contributed by atoms with van der Waals surface area (Å²) >= 11 is 7.41. The quantitative estimate of drug-likeness (QED) is 0.692. The number of piperidine rings is 1. The van der Waals surface area contributed by atoms with E-state index in [2.05, 4.69) is 4.98 Å². The standard InChI is InChI=1S/C9H11ClN2OS/c10-7-1-3-12(4-2-7)9(13)8-5-14-6-11-8/h5-7H,1-4H2. The maximum Gasteiger partial charge on any atom is 0.273 e. The number of hydrogen-bond acceptors (Lipinski definition) is 3. The summed E-state index contributed by atoms with van der Waals surface area (Å²) in [5.41, 5.74) is 2.24. The highest BCUT2D eigenvalue weighted by molar-refractivity contribution is 7.07. The Balaban J connectivity index is 1.99. The Morgan fingerprint density at radius 1 is 1.57 bits per heavy atom. The molecule has 1 saturated heterocycles. The predicted octanol–water partition coefficient (Wildman–Crippen LogP) is 1.99. The van der Waals surface area contributed by atoms with E-state index in [1.54, 1.807) is 10.9 Å². The lowest BCUT2D eigenvalue weighted by Crippen LogP contribution is -2.38. The van der Waals surface area contributed by atoms with Crippen molar-refractivity contribution in [2.45, 2.75) is 18.2 Å². The van der Waals surface area contributed by atoms with E-state index in [-0.39, 0.29) is 11.3 Å². The lowest BCUT2D eigenvalue weighted by molar-refractivity contribution is 0.0721. The van der Waals surface area contributed by atoms with Crippen LogP contribution >= 0.6 is 22.9 Å². The van der Waals surface area contributed by atoms with Gasteiger partial charge in [0.1, 0.15) is 5.69 Å². The molecule has 1 amide bonds. The first-order chi connectivity index (χ1) is 6.77. The average molecular weight is 231 g/mol. The summed E-state index contributed by atoms with van der Waals surface area (Å²) in [5, 5.41) is 2.02. The molecular formula is C9H11ClN2OS. The monoisotopic (exact) mass is 230 g/mol. The maximum absolute atomic E-state index is 11.8. The molecule has 0 radical (unpaired) electrons. The molecule has 0 saturated carbocycles. The van der Waals surface area contributed by atoms with E-state index < -0.39 is 0 Å². The first-order valence-corrected chi connectivity index (χ1v) is 5.97. The molecule has 0 aliphatic carbocycles. The Morgan fingerprint density at radius 2 is 2.29 bits per heavy atom. The fourth-order valence-electron chi connectivity index (χ4n) is 1.53. The van der Waals surface area contributed by atoms with Crippen LogP contribution in [0.3, 0.4) is 0 Å². The Hall–Kier alpha value is -0.610. The van der Waals surface area contributed by atoms with Crippen LogP contribution in [0.1, 0.15) is 23.3 Å². The second kappa shape index (κ2) is 4.28. The van der Waals surface area contributed by atoms with Crippen LogP contribution in [-0.2, 0) is 0 Å². The Bertz CT molecular complexity index is 307. The summed E-state index contributed by atoms with van der Waals surface area (Å²) in [5.74, 6) is 0.0369. The molecule has 0 N–H and O–H groups in total. The van der Waals surface area contributed by atoms with E-state index in [4.69, 9.17) is 11.6 Å². The Morgan fingerprint density at radius 3 is 2.86 bits per heavy atom. The molecule has 2 rings (SSSR count). The van der Waals surface area contributed by atoms with Crippen molar-refractivity contribution in [3.05, 3.63) is 16.6 Å². The van der Waals surface area contributed by atoms with Crippen molar-refractivity contribution < 1.29 is 4.79 Å². The van der Waals surface area contributed by atoms with Gasteiger partial charge in [-0.05, 0) is 12.8 Å². The van der Waals surface area contributed by atoms with E-state index in [0.717, 1.165) is 25.9 Å². The predicted molar refractivity (Wildman–Crippen MR) is 56.9 cm³/mol. The van der Waals surface area contributed by atoms with Gasteiger partial charge in [-0.3, -0.25) is 4.79 Å². The molecule has 1 aliphatic heterocycles. The third-order valence-electron chi connectivity index (χ3n) is 2.36. The van der Waals surface area contributed by atoms with Gasteiger partial charge in [-0.25, -0.2) is 4.98 Å². The molecule has 3 nitrogen and oxygen atoms in total. The zero-order valence-corrected chi connectivity index (χ0v) is 9.22. The minimum atomic E-state index is 0.0369. The third-order valence-corrected chi connectivity index (χ3v) is 3.39. The number of amides is 1. The largest absolute Gasteiger partial charge is 0.337 e. The van der Waals surface area contributed by atoms with Crippen molar-refractivity contribution in [2.75, 3.05) is 13.1 Å². The topological polar surface area (TPSA) is 33.2 Å². The minimum absolute atomic E-state index is 0.0369. The SMILES string of the molecule is O=C(c1cscn1)N1CCC(Cl)CC1. The van der Waals surface area contributed by atoms with E-state index in [1.807, 2.05) is 4.90 Å². The molecule has 0 atom stereocenters. The number of aromatic nitrogens is 1. The van der Waals surface area contributed by atoms with E-state index >= 15 is 0 Å². The van der Waals surface area contributed by atoms with Gasteiger partial charge >= 0.3 is 0 Å². The number of likely N-dealkylation sites (tertiary alicyclic amines) is 1. The lowest BCUT2D eigenvalue weighted by atomic mass is 10.1. The molecule has 0 aromatic carbocycles. The van der Waals surface area contributed by atoms with Gasteiger partial charge in [-0.2, -0.15) is 0 Å². The molecule has 14 heavy (non-hydrogen) atoms. The molecule has 1 aromatic heterocycles. The molecule has 2 heterocycles. The van der Waals surface area contributed by atoms with Crippen molar-refractivity contribution in [2.24, 2.45) is 0 Å². The van der Waals surface area contributed by atoms with Gasteiger partial charge in [0.2, 0.25) is 0 Å². The first-order valence-electron chi connectivity index (χ1n) is 4.59. The zero-order valence-electron chi connectivity index (χ0n) is 7.65. The molecule has 1 fully saturated rings. The fraction of sp³-hybridized carbons (Fsp3) is 0.556. The summed E-state index contributed by atoms with van der Waals surface area (Å²) in [6.45, 7) is 1.51. The smallest absolute Gasteiger partial charge is 0.273 e. The van der Waals surface area contributed by atoms with Gasteiger partial charge in [0, 0.05) is 23.8 Å². The zero-order chi connectivity index (χ0) is 9.97. The number of carbonyl (C=O) groups is 1. The number of hydrogen-bond donors (Lipinski definition) is 0. The Labute approximate surface area is 91.7 Å². The maximum atomic E-state index is 11.8. The normalized spacial score (nSPS) is 18.5. The molecule has 1 aromatic rings. The molecule has 0 bridgehead atoms. The molecule has 76 valence electrons. The minimum Gasteiger partial charge on any atom is -0.337 e. The van der Waals surface area contributed by atoms with Gasteiger partial charge < -0.3 is 4.90 Å². The van der Waals surface area contributed by atoms with Crippen molar-refractivity contribution in [3.8, 4) is 0 Å². The molecular weight excluding hydrogens is 220 g/mol. The van der Waals surface area contributed by atoms with Crippen LogP contribution in [0.25, 0.3) is 0 Å². The first kappa shape index (κ1) is 9.93. The van der Waals surface area contributed by atoms with Gasteiger partial charge in [-0.1, -0.05) is 0 Å². The summed E-state index contributed by atoms with van der Waals surface area (Å²) in [6.07, 6.45) is 1.77. The van der Waals surface area contributed by atoms with Crippen LogP contribution < -0.4 is 0 Å². The van der Waals surface area contributed by atoms with Crippen LogP contribution in [0, 0.1) is 0 Å². The number of alkyl halides is 1. The van der Waals surface area contributed by atoms with E-state index in [9.17, 15) is 4.79 Å². The number of nitrogens with zero attached hydrogens (tertiary/aromatic N) is 2. The second-order valence-electron chi connectivity index (χ2n) is 3.34. The van der Waals surface area contributed by atoms with E-state index in [1.165, 1.54) is 11.3 Å². The summed E-state index contributed by atoms with van der Waals surface area (Å²) in [7, 11) is 0. The third kappa shape index (κ3) is 2.07. The number of rotatable bonds is 1. The van der Waals surface area contributed by atoms with Crippen molar-refractivity contribution in [1.82, 2.24) is 9.88 Å². The second-order valence-corrected chi connectivity index (χ2v) is 4.68. The average Bonchev–Trinajstić information content (AvgIpc) is 2.71. The highest BCUT2D eigenvalue weighted by Crippen LogP contribution is 2.17. The van der Waals surface area contributed by atoms with Crippen LogP contribution in [-0.4, -0.2) is 34.3 Å². The molecule has 5 heteroatoms. The van der Waals surface area contributed by atoms with Crippen molar-refractivity contribution in [1.29, 1.82) is 0 Å². The lowest BCUT2D eigenvalue weighted by Gasteiger charge is -2.28. The van der Waals surface area contributed by atoms with Crippen molar-refractivity contribution in [3.63, 3.8) is 0 Å². The summed E-state index contributed by atoms with van der Waals surface area (Å²) in [4.78, 5) is 17.6. The van der Waals surface area contributed by atoms with Crippen LogP contribution in [0.15, 0.2) is 10.9 Å². The number of thiazole rings is 1. The van der Waals surface area contributed by atoms with Crippen molar-refractivity contribution >= 4 is 28.8 Å². The van der Waals surface area contributed by atoms with Gasteiger partial charge in [0.15, 0.2) is 0 Å². The van der Waals surface area contributed by atoms with Gasteiger partial charge in [-0.15, -0.1) is 22.9 Å². The highest BCUT2D eigenvalue weighted by Gasteiger charge is 2.23. The van der Waals surface area contributed by atoms with Gasteiger partial charge in [0.05, 0.1) is 5.51 Å². The number of halogens is 1. The van der Waals surface area contributed by atoms with Crippen LogP contribution in [0.2, 0.25) is 0 Å². The Kier molecular flexibility index (Phi) is 3.03. The highest BCUT2D eigenvalue weighted by atomic mass is 35.5.